The Balaban J connectivity index is 5.26. The number of esters is 4. The number of aliphatic hydroxyl groups excluding tert-OH is 1. The molecule has 0 saturated carbocycles. The van der Waals surface area contributed by atoms with Crippen LogP contribution in [-0.2, 0) is 65.4 Å². The molecule has 3 N–H and O–H groups in total. The summed E-state index contributed by atoms with van der Waals surface area (Å²) < 4.78 is 69.0. The Hall–Kier alpha value is -1.94. The second-order valence-corrected chi connectivity index (χ2v) is 35.7. The van der Waals surface area contributed by atoms with Crippen LogP contribution in [0.4, 0.5) is 0 Å². The summed E-state index contributed by atoms with van der Waals surface area (Å²) in [4.78, 5) is 73.3. The second-order valence-electron chi connectivity index (χ2n) is 32.8. The molecule has 3 unspecified atom stereocenters. The van der Waals surface area contributed by atoms with E-state index in [1.54, 1.807) is 0 Å². The predicted molar refractivity (Wildman–Crippen MR) is 441 cm³/mol. The maximum absolute atomic E-state index is 13.2. The third kappa shape index (κ3) is 80.5. The summed E-state index contributed by atoms with van der Waals surface area (Å²) in [7, 11) is -9.93. The topological polar surface area (TPSA) is 237 Å². The van der Waals surface area contributed by atoms with Crippen molar-refractivity contribution in [1.29, 1.82) is 0 Å². The number of ether oxygens (including phenoxy) is 4. The van der Waals surface area contributed by atoms with E-state index in [0.29, 0.717) is 25.7 Å². The highest BCUT2D eigenvalue weighted by Crippen LogP contribution is 2.45. The lowest BCUT2D eigenvalue weighted by Gasteiger charge is -2.21. The molecular formula is C88H172O17P2. The van der Waals surface area contributed by atoms with Gasteiger partial charge in [0.05, 0.1) is 26.4 Å². The van der Waals surface area contributed by atoms with Crippen LogP contribution in [0.3, 0.4) is 0 Å². The zero-order valence-electron chi connectivity index (χ0n) is 70.6. The van der Waals surface area contributed by atoms with Gasteiger partial charge in [-0.15, -0.1) is 0 Å². The van der Waals surface area contributed by atoms with Crippen molar-refractivity contribution in [3.63, 3.8) is 0 Å². The second kappa shape index (κ2) is 78.0. The summed E-state index contributed by atoms with van der Waals surface area (Å²) in [5.41, 5.74) is 0. The molecule has 0 spiro atoms. The normalized spacial score (nSPS) is 14.1. The van der Waals surface area contributed by atoms with E-state index in [-0.39, 0.29) is 25.7 Å². The lowest BCUT2D eigenvalue weighted by Crippen LogP contribution is -2.30. The van der Waals surface area contributed by atoms with Gasteiger partial charge in [-0.05, 0) is 43.4 Å². The number of aliphatic hydroxyl groups is 1. The van der Waals surface area contributed by atoms with E-state index in [9.17, 15) is 43.2 Å². The maximum Gasteiger partial charge on any atom is 0.472 e. The first-order valence-corrected chi connectivity index (χ1v) is 48.4. The van der Waals surface area contributed by atoms with Crippen molar-refractivity contribution in [2.75, 3.05) is 39.6 Å². The van der Waals surface area contributed by atoms with Gasteiger partial charge in [0.25, 0.3) is 0 Å². The Morgan fingerprint density at radius 2 is 0.477 bits per heavy atom. The SMILES string of the molecule is CCCCCCCCCCCCCCCCCCCCCCCC(=O)O[C@H](COC(=O)CCCCCCCCCCCCCCCCC(C)C)COP(=O)(O)OC[C@@H](O)COP(=O)(O)OC[C@@H](COC(=O)CCCCCCCCCCC(C)CC)OC(=O)CCCCCCCCCCCCCCCCC(C)C. The molecule has 0 saturated heterocycles. The van der Waals surface area contributed by atoms with Crippen molar-refractivity contribution < 1.29 is 80.2 Å². The van der Waals surface area contributed by atoms with Crippen molar-refractivity contribution in [3.05, 3.63) is 0 Å². The largest absolute Gasteiger partial charge is 0.472 e. The van der Waals surface area contributed by atoms with Gasteiger partial charge in [-0.2, -0.15) is 0 Å². The minimum Gasteiger partial charge on any atom is -0.462 e. The molecule has 0 aromatic heterocycles. The summed E-state index contributed by atoms with van der Waals surface area (Å²) in [6.45, 7) is 12.0. The number of hydrogen-bond acceptors (Lipinski definition) is 15. The number of phosphoric acid groups is 2. The highest BCUT2D eigenvalue weighted by molar-refractivity contribution is 7.47. The van der Waals surface area contributed by atoms with Gasteiger partial charge in [-0.3, -0.25) is 37.3 Å². The molecule has 0 bridgehead atoms. The molecule has 17 nitrogen and oxygen atoms in total. The molecule has 0 amide bonds. The van der Waals surface area contributed by atoms with Crippen LogP contribution in [0.5, 0.6) is 0 Å². The Kier molecular flexibility index (Phi) is 76.6. The quantitative estimate of drug-likeness (QED) is 0.0222. The number of phosphoric ester groups is 2. The Morgan fingerprint density at radius 3 is 0.710 bits per heavy atom. The number of rotatable bonds is 86. The van der Waals surface area contributed by atoms with E-state index < -0.39 is 97.5 Å². The first-order chi connectivity index (χ1) is 51.8. The molecule has 0 aromatic rings. The summed E-state index contributed by atoms with van der Waals surface area (Å²) in [6.07, 6.45) is 69.4. The van der Waals surface area contributed by atoms with E-state index in [1.807, 2.05) is 0 Å². The zero-order valence-corrected chi connectivity index (χ0v) is 72.4. The Bertz CT molecular complexity index is 2060. The number of unbranched alkanes of at least 4 members (excludes halogenated alkanes) is 53. The average molecular weight is 1560 g/mol. The van der Waals surface area contributed by atoms with E-state index in [1.165, 1.54) is 276 Å². The van der Waals surface area contributed by atoms with Gasteiger partial charge in [0.1, 0.15) is 19.3 Å². The highest BCUT2D eigenvalue weighted by Gasteiger charge is 2.31. The van der Waals surface area contributed by atoms with Crippen LogP contribution >= 0.6 is 15.6 Å². The molecule has 0 radical (unpaired) electrons. The van der Waals surface area contributed by atoms with Crippen LogP contribution in [0.2, 0.25) is 0 Å². The van der Waals surface area contributed by atoms with E-state index in [2.05, 4.69) is 48.5 Å². The van der Waals surface area contributed by atoms with E-state index in [4.69, 9.17) is 37.0 Å². The lowest BCUT2D eigenvalue weighted by atomic mass is 9.99. The molecule has 0 fully saturated rings. The third-order valence-electron chi connectivity index (χ3n) is 21.0. The number of carbonyl (C=O) groups is 4. The summed E-state index contributed by atoms with van der Waals surface area (Å²) in [5, 5.41) is 10.7. The van der Waals surface area contributed by atoms with Crippen molar-refractivity contribution in [2.45, 2.75) is 484 Å². The molecular weight excluding hydrogens is 1390 g/mol. The fourth-order valence-electron chi connectivity index (χ4n) is 13.7. The lowest BCUT2D eigenvalue weighted by molar-refractivity contribution is -0.161. The smallest absolute Gasteiger partial charge is 0.462 e. The predicted octanol–water partition coefficient (Wildman–Crippen LogP) is 26.9. The summed E-state index contributed by atoms with van der Waals surface area (Å²) >= 11 is 0. The Labute approximate surface area is 658 Å². The van der Waals surface area contributed by atoms with E-state index in [0.717, 1.165) is 108 Å². The average Bonchev–Trinajstić information content (AvgIpc) is 0.902. The first kappa shape index (κ1) is 105. The van der Waals surface area contributed by atoms with Crippen molar-refractivity contribution in [2.24, 2.45) is 17.8 Å². The first-order valence-electron chi connectivity index (χ1n) is 45.4. The third-order valence-corrected chi connectivity index (χ3v) is 22.9. The molecule has 0 aliphatic rings. The minimum absolute atomic E-state index is 0.107. The van der Waals surface area contributed by atoms with Crippen molar-refractivity contribution in [1.82, 2.24) is 0 Å². The molecule has 0 aromatic carbocycles. The van der Waals surface area contributed by atoms with Crippen LogP contribution < -0.4 is 0 Å². The van der Waals surface area contributed by atoms with Crippen molar-refractivity contribution >= 4 is 39.5 Å². The molecule has 107 heavy (non-hydrogen) atoms. The minimum atomic E-state index is -4.97. The summed E-state index contributed by atoms with van der Waals surface area (Å²) in [6, 6.07) is 0. The summed E-state index contributed by atoms with van der Waals surface area (Å²) in [5.74, 6) is 0.269. The number of carbonyl (C=O) groups excluding carboxylic acids is 4. The van der Waals surface area contributed by atoms with Gasteiger partial charge in [0.15, 0.2) is 12.2 Å². The zero-order chi connectivity index (χ0) is 78.6. The van der Waals surface area contributed by atoms with Crippen LogP contribution in [0.15, 0.2) is 0 Å². The van der Waals surface area contributed by atoms with Gasteiger partial charge < -0.3 is 33.8 Å². The van der Waals surface area contributed by atoms with Crippen LogP contribution in [0.1, 0.15) is 466 Å². The molecule has 6 atom stereocenters. The van der Waals surface area contributed by atoms with Crippen LogP contribution in [-0.4, -0.2) is 96.7 Å². The highest BCUT2D eigenvalue weighted by atomic mass is 31.2. The van der Waals surface area contributed by atoms with Crippen LogP contribution in [0.25, 0.3) is 0 Å². The maximum atomic E-state index is 13.2. The molecule has 19 heteroatoms. The van der Waals surface area contributed by atoms with Gasteiger partial charge >= 0.3 is 39.5 Å². The van der Waals surface area contributed by atoms with Crippen LogP contribution in [0, 0.1) is 17.8 Å². The fourth-order valence-corrected chi connectivity index (χ4v) is 15.3. The van der Waals surface area contributed by atoms with Crippen molar-refractivity contribution in [3.8, 4) is 0 Å². The van der Waals surface area contributed by atoms with E-state index >= 15 is 0 Å². The van der Waals surface area contributed by atoms with Gasteiger partial charge in [0, 0.05) is 25.7 Å². The van der Waals surface area contributed by atoms with Gasteiger partial charge in [-0.25, -0.2) is 9.13 Å². The standard InChI is InChI=1S/C88H172O17P2/c1-8-10-11-12-13-14-15-16-17-18-19-20-21-22-23-31-36-41-50-57-64-71-87(92)104-83(75-98-85(90)69-62-55-48-40-35-30-26-24-28-33-38-45-52-59-66-79(3)4)77-102-106(94,95)100-73-82(89)74-101-107(96,97)103-78-84(76-99-86(91)70-63-56-49-44-43-47-54-61-68-81(7)9-2)105-88(93)72-65-58-51-42-37-32-27-25-29-34-39-46-53-60-67-80(5)6/h79-84,89H,8-78H2,1-7H3,(H,94,95)(H,96,97)/t81?,82-,83-,84-/m1/s1. The molecule has 0 aliphatic carbocycles. The molecule has 0 heterocycles. The Morgan fingerprint density at radius 1 is 0.271 bits per heavy atom. The monoisotopic (exact) mass is 1560 g/mol. The van der Waals surface area contributed by atoms with Gasteiger partial charge in [0.2, 0.25) is 0 Å². The number of hydrogen-bond donors (Lipinski definition) is 3. The van der Waals surface area contributed by atoms with Gasteiger partial charge in [-0.1, -0.05) is 414 Å². The molecule has 636 valence electrons. The molecule has 0 aliphatic heterocycles. The molecule has 0 rings (SSSR count). The fraction of sp³-hybridized carbons (Fsp3) is 0.955.